The van der Waals surface area contributed by atoms with E-state index in [1.54, 1.807) is 13.0 Å². The summed E-state index contributed by atoms with van der Waals surface area (Å²) in [6, 6.07) is 3.07. The topological polar surface area (TPSA) is 107 Å². The number of rotatable bonds is 6. The van der Waals surface area contributed by atoms with Gasteiger partial charge in [-0.3, -0.25) is 4.79 Å². The molecule has 0 aliphatic rings. The van der Waals surface area contributed by atoms with E-state index in [2.05, 4.69) is 0 Å². The molecular weight excluding hydrogens is 282 g/mol. The summed E-state index contributed by atoms with van der Waals surface area (Å²) in [6.07, 6.45) is -0.118. The molecule has 0 aliphatic carbocycles. The number of aryl methyl sites for hydroxylation is 1. The molecule has 0 saturated heterocycles. The van der Waals surface area contributed by atoms with Crippen LogP contribution in [0.2, 0.25) is 0 Å². The van der Waals surface area contributed by atoms with E-state index in [0.717, 1.165) is 0 Å². The van der Waals surface area contributed by atoms with Gasteiger partial charge in [-0.15, -0.1) is 0 Å². The Morgan fingerprint density at radius 1 is 1.40 bits per heavy atom. The summed E-state index contributed by atoms with van der Waals surface area (Å²) >= 11 is 0. The van der Waals surface area contributed by atoms with E-state index in [4.69, 9.17) is 15.0 Å². The molecule has 1 aromatic rings. The SMILES string of the molecule is Cc1cc(OCCC(=O)O)c(C(C)C)cc1S(N)(=O)=O. The second-order valence-electron chi connectivity index (χ2n) is 4.85. The zero-order valence-corrected chi connectivity index (χ0v) is 12.5. The van der Waals surface area contributed by atoms with Crippen LogP contribution < -0.4 is 9.88 Å². The van der Waals surface area contributed by atoms with Gasteiger partial charge < -0.3 is 9.84 Å². The fraction of sp³-hybridized carbons (Fsp3) is 0.462. The molecule has 112 valence electrons. The molecule has 3 N–H and O–H groups in total. The summed E-state index contributed by atoms with van der Waals surface area (Å²) < 4.78 is 28.4. The van der Waals surface area contributed by atoms with Gasteiger partial charge in [0.05, 0.1) is 17.9 Å². The van der Waals surface area contributed by atoms with Crippen LogP contribution in [0.1, 0.15) is 37.3 Å². The average Bonchev–Trinajstić information content (AvgIpc) is 2.26. The van der Waals surface area contributed by atoms with Crippen LogP contribution in [0.4, 0.5) is 0 Å². The zero-order chi connectivity index (χ0) is 15.5. The maximum absolute atomic E-state index is 11.5. The average molecular weight is 301 g/mol. The summed E-state index contributed by atoms with van der Waals surface area (Å²) in [5.41, 5.74) is 1.16. The molecule has 0 spiro atoms. The highest BCUT2D eigenvalue weighted by Crippen LogP contribution is 2.31. The molecule has 0 heterocycles. The Hall–Kier alpha value is -1.60. The number of nitrogens with two attached hydrogens (primary N) is 1. The standard InChI is InChI=1S/C13H19NO5S/c1-8(2)10-7-12(20(14,17)18)9(3)6-11(10)19-5-4-13(15)16/h6-8H,4-5H2,1-3H3,(H,15,16)(H2,14,17,18). The Kier molecular flexibility index (Phi) is 5.13. The third kappa shape index (κ3) is 4.21. The molecule has 6 nitrogen and oxygen atoms in total. The van der Waals surface area contributed by atoms with Crippen LogP contribution in [0, 0.1) is 6.92 Å². The van der Waals surface area contributed by atoms with Crippen molar-refractivity contribution in [3.05, 3.63) is 23.3 Å². The molecule has 0 bridgehead atoms. The van der Waals surface area contributed by atoms with Crippen LogP contribution in [0.25, 0.3) is 0 Å². The molecule has 0 atom stereocenters. The number of hydrogen-bond acceptors (Lipinski definition) is 4. The lowest BCUT2D eigenvalue weighted by Gasteiger charge is -2.16. The van der Waals surface area contributed by atoms with E-state index >= 15 is 0 Å². The van der Waals surface area contributed by atoms with Gasteiger partial charge >= 0.3 is 5.97 Å². The first-order valence-electron chi connectivity index (χ1n) is 6.15. The fourth-order valence-electron chi connectivity index (χ4n) is 1.81. The minimum Gasteiger partial charge on any atom is -0.493 e. The number of primary sulfonamides is 1. The van der Waals surface area contributed by atoms with Gasteiger partial charge in [-0.2, -0.15) is 0 Å². The predicted octanol–water partition coefficient (Wildman–Crippen LogP) is 1.62. The molecular formula is C13H19NO5S. The predicted molar refractivity (Wildman–Crippen MR) is 74.4 cm³/mol. The molecule has 7 heteroatoms. The van der Waals surface area contributed by atoms with Gasteiger partial charge in [0.15, 0.2) is 0 Å². The van der Waals surface area contributed by atoms with Gasteiger partial charge in [-0.05, 0) is 36.1 Å². The first kappa shape index (κ1) is 16.5. The molecule has 0 amide bonds. The Labute approximate surface area is 118 Å². The quantitative estimate of drug-likeness (QED) is 0.830. The second-order valence-corrected chi connectivity index (χ2v) is 6.38. The van der Waals surface area contributed by atoms with Crippen molar-refractivity contribution < 1.29 is 23.1 Å². The van der Waals surface area contributed by atoms with E-state index in [9.17, 15) is 13.2 Å². The molecule has 0 saturated carbocycles. The second kappa shape index (κ2) is 6.23. The highest BCUT2D eigenvalue weighted by Gasteiger charge is 2.18. The molecule has 0 fully saturated rings. The third-order valence-corrected chi connectivity index (χ3v) is 3.86. The first-order valence-corrected chi connectivity index (χ1v) is 7.69. The van der Waals surface area contributed by atoms with Crippen LogP contribution in [-0.2, 0) is 14.8 Å². The van der Waals surface area contributed by atoms with Crippen molar-refractivity contribution in [3.8, 4) is 5.75 Å². The van der Waals surface area contributed by atoms with Crippen LogP contribution in [0.3, 0.4) is 0 Å². The fourth-order valence-corrected chi connectivity index (χ4v) is 2.61. The lowest BCUT2D eigenvalue weighted by Crippen LogP contribution is -2.15. The van der Waals surface area contributed by atoms with Crippen molar-refractivity contribution in [2.75, 3.05) is 6.61 Å². The Balaban J connectivity index is 3.18. The lowest BCUT2D eigenvalue weighted by atomic mass is 10.0. The highest BCUT2D eigenvalue weighted by atomic mass is 32.2. The van der Waals surface area contributed by atoms with E-state index in [1.807, 2.05) is 13.8 Å². The number of carbonyl (C=O) groups is 1. The zero-order valence-electron chi connectivity index (χ0n) is 11.7. The minimum atomic E-state index is -3.79. The van der Waals surface area contributed by atoms with Gasteiger partial charge in [-0.25, -0.2) is 13.6 Å². The maximum atomic E-state index is 11.5. The Morgan fingerprint density at radius 3 is 2.45 bits per heavy atom. The van der Waals surface area contributed by atoms with Gasteiger partial charge in [0.2, 0.25) is 10.0 Å². The molecule has 0 unspecified atom stereocenters. The van der Waals surface area contributed by atoms with Crippen LogP contribution in [-0.4, -0.2) is 26.1 Å². The highest BCUT2D eigenvalue weighted by molar-refractivity contribution is 7.89. The molecule has 0 radical (unpaired) electrons. The van der Waals surface area contributed by atoms with Crippen LogP contribution in [0.15, 0.2) is 17.0 Å². The summed E-state index contributed by atoms with van der Waals surface area (Å²) in [7, 11) is -3.79. The maximum Gasteiger partial charge on any atom is 0.306 e. The van der Waals surface area contributed by atoms with Crippen molar-refractivity contribution in [1.29, 1.82) is 0 Å². The van der Waals surface area contributed by atoms with Crippen LogP contribution >= 0.6 is 0 Å². The number of hydrogen-bond donors (Lipinski definition) is 2. The molecule has 1 aromatic carbocycles. The van der Waals surface area contributed by atoms with Crippen molar-refractivity contribution >= 4 is 16.0 Å². The summed E-state index contributed by atoms with van der Waals surface area (Å²) in [6.45, 7) is 5.43. The van der Waals surface area contributed by atoms with Gasteiger partial charge in [0.1, 0.15) is 5.75 Å². The van der Waals surface area contributed by atoms with Gasteiger partial charge in [0, 0.05) is 0 Å². The third-order valence-electron chi connectivity index (χ3n) is 2.81. The van der Waals surface area contributed by atoms with Crippen LogP contribution in [0.5, 0.6) is 5.75 Å². The van der Waals surface area contributed by atoms with Gasteiger partial charge in [-0.1, -0.05) is 13.8 Å². The number of benzene rings is 1. The smallest absolute Gasteiger partial charge is 0.306 e. The monoisotopic (exact) mass is 301 g/mol. The number of sulfonamides is 1. The number of carboxylic acid groups (broad SMARTS) is 1. The first-order chi connectivity index (χ1) is 9.12. The number of ether oxygens (including phenoxy) is 1. The van der Waals surface area contributed by atoms with E-state index in [1.165, 1.54) is 6.07 Å². The molecule has 0 aliphatic heterocycles. The van der Waals surface area contributed by atoms with Crippen molar-refractivity contribution in [1.82, 2.24) is 0 Å². The summed E-state index contributed by atoms with van der Waals surface area (Å²) in [5, 5.41) is 13.8. The van der Waals surface area contributed by atoms with Crippen molar-refractivity contribution in [3.63, 3.8) is 0 Å². The largest absolute Gasteiger partial charge is 0.493 e. The van der Waals surface area contributed by atoms with E-state index < -0.39 is 16.0 Å². The van der Waals surface area contributed by atoms with E-state index in [-0.39, 0.29) is 23.8 Å². The minimum absolute atomic E-state index is 0.0240. The molecule has 0 aromatic heterocycles. The van der Waals surface area contributed by atoms with E-state index in [0.29, 0.717) is 16.9 Å². The molecule has 20 heavy (non-hydrogen) atoms. The number of carboxylic acids is 1. The molecule has 1 rings (SSSR count). The summed E-state index contributed by atoms with van der Waals surface area (Å²) in [5.74, 6) is -0.434. The van der Waals surface area contributed by atoms with Crippen molar-refractivity contribution in [2.24, 2.45) is 5.14 Å². The lowest BCUT2D eigenvalue weighted by molar-refractivity contribution is -0.137. The summed E-state index contributed by atoms with van der Waals surface area (Å²) in [4.78, 5) is 10.5. The number of aliphatic carboxylic acids is 1. The van der Waals surface area contributed by atoms with Gasteiger partial charge in [0.25, 0.3) is 0 Å². The normalized spacial score (nSPS) is 11.7. The van der Waals surface area contributed by atoms with Crippen molar-refractivity contribution in [2.45, 2.75) is 38.0 Å². The Morgan fingerprint density at radius 2 is 2.00 bits per heavy atom. The Bertz CT molecular complexity index is 607.